The summed E-state index contributed by atoms with van der Waals surface area (Å²) in [5.41, 5.74) is 0. The van der Waals surface area contributed by atoms with Crippen LogP contribution in [0.15, 0.2) is 0 Å². The van der Waals surface area contributed by atoms with Crippen LogP contribution in [0.25, 0.3) is 0 Å². The van der Waals surface area contributed by atoms with Crippen LogP contribution in [-0.4, -0.2) is 53.1 Å². The van der Waals surface area contributed by atoms with Gasteiger partial charge in [-0.3, -0.25) is 4.79 Å². The molecule has 1 heterocycles. The van der Waals surface area contributed by atoms with Crippen molar-refractivity contribution >= 4 is 23.8 Å². The molecule has 0 radical (unpaired) electrons. The van der Waals surface area contributed by atoms with Crippen molar-refractivity contribution in [1.82, 2.24) is 10.2 Å². The Balaban J connectivity index is 2.24. The summed E-state index contributed by atoms with van der Waals surface area (Å²) in [6.45, 7) is 4.43. The molecule has 0 aliphatic carbocycles. The lowest BCUT2D eigenvalue weighted by atomic mass is 9.94. The molecule has 0 aromatic carbocycles. The van der Waals surface area contributed by atoms with Crippen LogP contribution in [0.3, 0.4) is 0 Å². The van der Waals surface area contributed by atoms with E-state index >= 15 is 0 Å². The molecule has 1 aliphatic heterocycles. The summed E-state index contributed by atoms with van der Waals surface area (Å²) in [7, 11) is 0. The predicted octanol–water partition coefficient (Wildman–Crippen LogP) is 2.81. The highest BCUT2D eigenvalue weighted by Crippen LogP contribution is 2.17. The second kappa shape index (κ2) is 10.8. The van der Waals surface area contributed by atoms with Gasteiger partial charge in [0, 0.05) is 31.8 Å². The molecular weight excluding hydrogens is 288 g/mol. The Kier molecular flexibility index (Phi) is 9.30. The van der Waals surface area contributed by atoms with Crippen LogP contribution in [0.5, 0.6) is 0 Å². The molecule has 0 spiro atoms. The van der Waals surface area contributed by atoms with Gasteiger partial charge in [0.05, 0.1) is 0 Å². The average molecular weight is 316 g/mol. The minimum Gasteiger partial charge on any atom is -0.481 e. The van der Waals surface area contributed by atoms with Gasteiger partial charge in [-0.1, -0.05) is 19.8 Å². The van der Waals surface area contributed by atoms with E-state index < -0.39 is 5.97 Å². The van der Waals surface area contributed by atoms with Crippen LogP contribution in [0.1, 0.15) is 45.4 Å². The van der Waals surface area contributed by atoms with Crippen molar-refractivity contribution < 1.29 is 14.7 Å². The summed E-state index contributed by atoms with van der Waals surface area (Å²) in [5.74, 6) is 1.82. The van der Waals surface area contributed by atoms with Gasteiger partial charge in [0.1, 0.15) is 0 Å². The summed E-state index contributed by atoms with van der Waals surface area (Å²) in [5, 5.41) is 11.7. The van der Waals surface area contributed by atoms with Crippen molar-refractivity contribution in [2.24, 2.45) is 5.92 Å². The molecule has 0 aromatic rings. The fourth-order valence-electron chi connectivity index (χ4n) is 2.61. The molecule has 122 valence electrons. The van der Waals surface area contributed by atoms with Crippen molar-refractivity contribution in [3.8, 4) is 0 Å². The lowest BCUT2D eigenvalue weighted by Gasteiger charge is -2.21. The molecule has 1 saturated heterocycles. The SMILES string of the molecule is CCCC(CCNC(=O)N1CCCSCC1)CCC(=O)O. The number of carboxylic acid groups (broad SMARTS) is 1. The van der Waals surface area contributed by atoms with Gasteiger partial charge in [0.2, 0.25) is 0 Å². The Morgan fingerprint density at radius 2 is 2.05 bits per heavy atom. The van der Waals surface area contributed by atoms with Gasteiger partial charge in [-0.15, -0.1) is 0 Å². The minimum absolute atomic E-state index is 0.0333. The molecule has 5 nitrogen and oxygen atoms in total. The molecule has 0 bridgehead atoms. The molecule has 1 aliphatic rings. The summed E-state index contributed by atoms with van der Waals surface area (Å²) in [6.07, 6.45) is 4.96. The van der Waals surface area contributed by atoms with Crippen LogP contribution >= 0.6 is 11.8 Å². The third-order valence-corrected chi connectivity index (χ3v) is 4.85. The first-order chi connectivity index (χ1) is 10.1. The zero-order chi connectivity index (χ0) is 15.5. The van der Waals surface area contributed by atoms with Gasteiger partial charge in [-0.2, -0.15) is 11.8 Å². The summed E-state index contributed by atoms with van der Waals surface area (Å²) >= 11 is 1.90. The topological polar surface area (TPSA) is 69.6 Å². The predicted molar refractivity (Wildman–Crippen MR) is 86.8 cm³/mol. The van der Waals surface area contributed by atoms with Crippen molar-refractivity contribution in [2.75, 3.05) is 31.1 Å². The van der Waals surface area contributed by atoms with Crippen LogP contribution in [0.4, 0.5) is 4.79 Å². The zero-order valence-electron chi connectivity index (χ0n) is 13.0. The lowest BCUT2D eigenvalue weighted by molar-refractivity contribution is -0.137. The molecule has 0 saturated carbocycles. The van der Waals surface area contributed by atoms with E-state index in [-0.39, 0.29) is 12.5 Å². The Bertz CT molecular complexity index is 318. The fourth-order valence-corrected chi connectivity index (χ4v) is 3.50. The second-order valence-electron chi connectivity index (χ2n) is 5.56. The summed E-state index contributed by atoms with van der Waals surface area (Å²) in [6, 6.07) is 0.0333. The maximum absolute atomic E-state index is 12.1. The first kappa shape index (κ1) is 18.1. The Morgan fingerprint density at radius 3 is 2.76 bits per heavy atom. The number of carbonyl (C=O) groups is 2. The zero-order valence-corrected chi connectivity index (χ0v) is 13.8. The first-order valence-corrected chi connectivity index (χ1v) is 9.11. The Labute approximate surface area is 131 Å². The van der Waals surface area contributed by atoms with E-state index in [2.05, 4.69) is 12.2 Å². The number of aliphatic carboxylic acids is 1. The number of hydrogen-bond donors (Lipinski definition) is 2. The highest BCUT2D eigenvalue weighted by Gasteiger charge is 2.16. The molecule has 1 rings (SSSR count). The van der Waals surface area contributed by atoms with Crippen LogP contribution < -0.4 is 5.32 Å². The molecule has 1 atom stereocenters. The standard InChI is InChI=1S/C15H28N2O3S/c1-2-4-13(5-6-14(18)19)7-8-16-15(20)17-9-3-11-21-12-10-17/h13H,2-12H2,1H3,(H,16,20)(H,18,19). The largest absolute Gasteiger partial charge is 0.481 e. The number of nitrogens with zero attached hydrogens (tertiary/aromatic N) is 1. The minimum atomic E-state index is -0.734. The number of nitrogens with one attached hydrogen (secondary N) is 1. The molecule has 0 aromatic heterocycles. The van der Waals surface area contributed by atoms with Gasteiger partial charge < -0.3 is 15.3 Å². The third-order valence-electron chi connectivity index (χ3n) is 3.80. The average Bonchev–Trinajstić information content (AvgIpc) is 2.73. The Hall–Kier alpha value is -0.910. The van der Waals surface area contributed by atoms with E-state index in [0.29, 0.717) is 18.9 Å². The third kappa shape index (κ3) is 8.19. The van der Waals surface area contributed by atoms with Crippen molar-refractivity contribution in [3.05, 3.63) is 0 Å². The quantitative estimate of drug-likeness (QED) is 0.722. The van der Waals surface area contributed by atoms with Crippen molar-refractivity contribution in [2.45, 2.75) is 45.4 Å². The van der Waals surface area contributed by atoms with Crippen molar-refractivity contribution in [1.29, 1.82) is 0 Å². The maximum Gasteiger partial charge on any atom is 0.317 e. The van der Waals surface area contributed by atoms with Gasteiger partial charge >= 0.3 is 12.0 Å². The molecule has 21 heavy (non-hydrogen) atoms. The highest BCUT2D eigenvalue weighted by atomic mass is 32.2. The van der Waals surface area contributed by atoms with E-state index in [9.17, 15) is 9.59 Å². The summed E-state index contributed by atoms with van der Waals surface area (Å²) < 4.78 is 0. The number of carboxylic acids is 1. The van der Waals surface area contributed by atoms with E-state index in [0.717, 1.165) is 50.3 Å². The number of carbonyl (C=O) groups excluding carboxylic acids is 1. The summed E-state index contributed by atoms with van der Waals surface area (Å²) in [4.78, 5) is 24.6. The molecular formula is C15H28N2O3S. The van der Waals surface area contributed by atoms with E-state index in [4.69, 9.17) is 5.11 Å². The smallest absolute Gasteiger partial charge is 0.317 e. The van der Waals surface area contributed by atoms with Gasteiger partial charge in [0.15, 0.2) is 0 Å². The molecule has 6 heteroatoms. The maximum atomic E-state index is 12.1. The van der Waals surface area contributed by atoms with Crippen LogP contribution in [0, 0.1) is 5.92 Å². The fraction of sp³-hybridized carbons (Fsp3) is 0.867. The molecule has 2 amide bonds. The van der Waals surface area contributed by atoms with Gasteiger partial charge in [0.25, 0.3) is 0 Å². The van der Waals surface area contributed by atoms with Crippen LogP contribution in [0.2, 0.25) is 0 Å². The van der Waals surface area contributed by atoms with E-state index in [1.54, 1.807) is 0 Å². The number of rotatable bonds is 8. The van der Waals surface area contributed by atoms with E-state index in [1.807, 2.05) is 16.7 Å². The second-order valence-corrected chi connectivity index (χ2v) is 6.79. The highest BCUT2D eigenvalue weighted by molar-refractivity contribution is 7.99. The van der Waals surface area contributed by atoms with Crippen molar-refractivity contribution in [3.63, 3.8) is 0 Å². The monoisotopic (exact) mass is 316 g/mol. The number of amides is 2. The van der Waals surface area contributed by atoms with Crippen LogP contribution in [-0.2, 0) is 4.79 Å². The molecule has 2 N–H and O–H groups in total. The molecule has 1 unspecified atom stereocenters. The Morgan fingerprint density at radius 1 is 1.24 bits per heavy atom. The molecule has 1 fully saturated rings. The normalized spacial score (nSPS) is 17.1. The number of thioether (sulfide) groups is 1. The van der Waals surface area contributed by atoms with Gasteiger partial charge in [-0.25, -0.2) is 4.79 Å². The van der Waals surface area contributed by atoms with E-state index in [1.165, 1.54) is 0 Å². The lowest BCUT2D eigenvalue weighted by Crippen LogP contribution is -2.41. The first-order valence-electron chi connectivity index (χ1n) is 7.95. The number of hydrogen-bond acceptors (Lipinski definition) is 3. The number of urea groups is 1. The van der Waals surface area contributed by atoms with Gasteiger partial charge in [-0.05, 0) is 30.9 Å².